The second-order valence-electron chi connectivity index (χ2n) is 11.9. The molecule has 234 valence electrons. The zero-order chi connectivity index (χ0) is 30.9. The summed E-state index contributed by atoms with van der Waals surface area (Å²) in [5.41, 5.74) is -2.08. The maximum Gasteiger partial charge on any atom is 0.416 e. The molecule has 2 heterocycles. The van der Waals surface area contributed by atoms with Crippen LogP contribution in [-0.4, -0.2) is 53.4 Å². The Labute approximate surface area is 247 Å². The van der Waals surface area contributed by atoms with Gasteiger partial charge in [0.2, 0.25) is 11.8 Å². The number of hydrogen-bond donors (Lipinski definition) is 0. The van der Waals surface area contributed by atoms with Gasteiger partial charge in [0.25, 0.3) is 0 Å². The zero-order valence-electron chi connectivity index (χ0n) is 24.0. The largest absolute Gasteiger partial charge is 0.416 e. The fourth-order valence-corrected chi connectivity index (χ4v) is 6.82. The second-order valence-corrected chi connectivity index (χ2v) is 11.9. The van der Waals surface area contributed by atoms with Crippen molar-refractivity contribution in [2.45, 2.75) is 88.4 Å². The molecule has 5 rings (SSSR count). The average molecular weight is 611 g/mol. The number of alkyl halides is 6. The predicted octanol–water partition coefficient (Wildman–Crippen LogP) is 7.37. The van der Waals surface area contributed by atoms with Gasteiger partial charge in [-0.2, -0.15) is 26.3 Å². The molecule has 2 amide bonds. The van der Waals surface area contributed by atoms with Crippen molar-refractivity contribution in [2.75, 3.05) is 19.6 Å². The molecule has 0 aromatic heterocycles. The molecule has 43 heavy (non-hydrogen) atoms. The van der Waals surface area contributed by atoms with Gasteiger partial charge in [-0.1, -0.05) is 30.3 Å². The molecule has 0 spiro atoms. The summed E-state index contributed by atoms with van der Waals surface area (Å²) >= 11 is 0. The van der Waals surface area contributed by atoms with Crippen molar-refractivity contribution in [2.24, 2.45) is 5.92 Å². The van der Waals surface area contributed by atoms with Crippen molar-refractivity contribution in [3.8, 4) is 0 Å². The van der Waals surface area contributed by atoms with E-state index in [0.717, 1.165) is 31.4 Å². The average Bonchev–Trinajstić information content (AvgIpc) is 3.42. The van der Waals surface area contributed by atoms with Crippen LogP contribution in [0, 0.1) is 5.92 Å². The molecule has 2 saturated heterocycles. The first-order valence-electron chi connectivity index (χ1n) is 14.9. The minimum atomic E-state index is -4.95. The molecule has 3 fully saturated rings. The highest BCUT2D eigenvalue weighted by molar-refractivity contribution is 5.80. The summed E-state index contributed by atoms with van der Waals surface area (Å²) in [6.07, 6.45) is -6.63. The van der Waals surface area contributed by atoms with Crippen LogP contribution in [0.1, 0.15) is 86.1 Å². The maximum atomic E-state index is 13.6. The summed E-state index contributed by atoms with van der Waals surface area (Å²) in [5, 5.41) is 0. The second kappa shape index (κ2) is 12.5. The van der Waals surface area contributed by atoms with Gasteiger partial charge in [0, 0.05) is 43.9 Å². The van der Waals surface area contributed by atoms with Crippen LogP contribution >= 0.6 is 0 Å². The quantitative estimate of drug-likeness (QED) is 0.321. The third-order valence-electron chi connectivity index (χ3n) is 9.14. The Morgan fingerprint density at radius 3 is 2.07 bits per heavy atom. The molecule has 2 aromatic rings. The van der Waals surface area contributed by atoms with Crippen LogP contribution in [0.3, 0.4) is 0 Å². The number of amides is 2. The number of rotatable bonds is 6. The molecule has 0 radical (unpaired) electrons. The van der Waals surface area contributed by atoms with Gasteiger partial charge < -0.3 is 14.5 Å². The van der Waals surface area contributed by atoms with Crippen molar-refractivity contribution < 1.29 is 40.7 Å². The Hall–Kier alpha value is -3.08. The lowest BCUT2D eigenvalue weighted by molar-refractivity contribution is -0.143. The Morgan fingerprint density at radius 1 is 0.884 bits per heavy atom. The lowest BCUT2D eigenvalue weighted by Crippen LogP contribution is -2.49. The van der Waals surface area contributed by atoms with E-state index in [-0.39, 0.29) is 41.3 Å². The monoisotopic (exact) mass is 610 g/mol. The summed E-state index contributed by atoms with van der Waals surface area (Å²) < 4.78 is 87.0. The van der Waals surface area contributed by atoms with E-state index in [2.05, 4.69) is 0 Å². The number of halogens is 6. The number of ether oxygens (including phenoxy) is 1. The molecular weight excluding hydrogens is 574 g/mol. The molecule has 2 aliphatic heterocycles. The number of hydrogen-bond acceptors (Lipinski definition) is 3. The molecule has 11 heteroatoms. The van der Waals surface area contributed by atoms with Crippen LogP contribution in [0.4, 0.5) is 26.3 Å². The molecule has 3 aliphatic rings. The molecular formula is C32H36F6N2O3. The van der Waals surface area contributed by atoms with E-state index in [1.807, 2.05) is 40.1 Å². The smallest absolute Gasteiger partial charge is 0.370 e. The lowest BCUT2D eigenvalue weighted by atomic mass is 9.82. The van der Waals surface area contributed by atoms with E-state index in [0.29, 0.717) is 50.9 Å². The fourth-order valence-electron chi connectivity index (χ4n) is 6.82. The Bertz CT molecular complexity index is 1260. The standard InChI is InChI=1S/C32H36F6N2O3/c1-20(23-16-24(31(33,34)35)18-25(17-23)32(36,37)38)43-28-13-15-39(19-27(28)21-6-3-2-4-7-21)30(42)22-9-11-26(12-10-22)40-14-5-8-29(40)41/h2-4,6-7,16-18,20,22,26-28H,5,8-15,19H2,1H3/t20-,22-,26-,27+,28+/m1/s1. The van der Waals surface area contributed by atoms with Gasteiger partial charge in [0.15, 0.2) is 0 Å². The van der Waals surface area contributed by atoms with E-state index in [9.17, 15) is 35.9 Å². The molecule has 1 saturated carbocycles. The van der Waals surface area contributed by atoms with E-state index < -0.39 is 35.7 Å². The van der Waals surface area contributed by atoms with Crippen LogP contribution in [0.15, 0.2) is 48.5 Å². The minimum Gasteiger partial charge on any atom is -0.370 e. The van der Waals surface area contributed by atoms with E-state index >= 15 is 0 Å². The van der Waals surface area contributed by atoms with Crippen molar-refractivity contribution in [3.05, 3.63) is 70.8 Å². The molecule has 1 aliphatic carbocycles. The van der Waals surface area contributed by atoms with Crippen molar-refractivity contribution >= 4 is 11.8 Å². The third-order valence-corrected chi connectivity index (χ3v) is 9.14. The topological polar surface area (TPSA) is 49.9 Å². The number of carbonyl (C=O) groups is 2. The van der Waals surface area contributed by atoms with Crippen molar-refractivity contribution in [1.82, 2.24) is 9.80 Å². The molecule has 0 bridgehead atoms. The van der Waals surface area contributed by atoms with Crippen molar-refractivity contribution in [3.63, 3.8) is 0 Å². The molecule has 0 unspecified atom stereocenters. The predicted molar refractivity (Wildman–Crippen MR) is 147 cm³/mol. The third kappa shape index (κ3) is 7.19. The lowest BCUT2D eigenvalue weighted by Gasteiger charge is -2.42. The summed E-state index contributed by atoms with van der Waals surface area (Å²) in [6.45, 7) is 2.95. The SMILES string of the molecule is C[C@@H](O[C@H]1CCN(C(=O)[C@H]2CC[C@H](N3CCCC3=O)CC2)C[C@H]1c1ccccc1)c1cc(C(F)(F)F)cc(C(F)(F)F)c1. The Morgan fingerprint density at radius 2 is 1.51 bits per heavy atom. The number of piperidine rings is 1. The van der Waals surface area contributed by atoms with E-state index in [1.165, 1.54) is 6.92 Å². The summed E-state index contributed by atoms with van der Waals surface area (Å²) in [6, 6.07) is 11.0. The van der Waals surface area contributed by atoms with Gasteiger partial charge in [-0.3, -0.25) is 9.59 Å². The van der Waals surface area contributed by atoms with Gasteiger partial charge in [0.1, 0.15) is 0 Å². The number of likely N-dealkylation sites (tertiary alicyclic amines) is 2. The molecule has 0 N–H and O–H groups in total. The van der Waals surface area contributed by atoms with Gasteiger partial charge in [-0.15, -0.1) is 0 Å². The maximum absolute atomic E-state index is 13.6. The highest BCUT2D eigenvalue weighted by Crippen LogP contribution is 2.40. The number of benzene rings is 2. The van der Waals surface area contributed by atoms with Crippen LogP contribution in [-0.2, 0) is 26.7 Å². The number of carbonyl (C=O) groups excluding carboxylic acids is 2. The fraction of sp³-hybridized carbons (Fsp3) is 0.562. The first kappa shape index (κ1) is 31.3. The molecule has 2 aromatic carbocycles. The van der Waals surface area contributed by atoms with Crippen LogP contribution < -0.4 is 0 Å². The Balaban J connectivity index is 1.30. The first-order valence-corrected chi connectivity index (χ1v) is 14.9. The molecule has 3 atom stereocenters. The van der Waals surface area contributed by atoms with Gasteiger partial charge >= 0.3 is 12.4 Å². The van der Waals surface area contributed by atoms with E-state index in [1.54, 1.807) is 0 Å². The summed E-state index contributed by atoms with van der Waals surface area (Å²) in [4.78, 5) is 29.6. The Kier molecular flexibility index (Phi) is 9.11. The van der Waals surface area contributed by atoms with Gasteiger partial charge in [-0.25, -0.2) is 0 Å². The van der Waals surface area contributed by atoms with Crippen molar-refractivity contribution in [1.29, 1.82) is 0 Å². The van der Waals surface area contributed by atoms with Crippen LogP contribution in [0.2, 0.25) is 0 Å². The highest BCUT2D eigenvalue weighted by atomic mass is 19.4. The normalized spacial score (nSPS) is 26.1. The highest BCUT2D eigenvalue weighted by Gasteiger charge is 2.40. The zero-order valence-corrected chi connectivity index (χ0v) is 24.0. The summed E-state index contributed by atoms with van der Waals surface area (Å²) in [5.74, 6) is -0.219. The van der Waals surface area contributed by atoms with Gasteiger partial charge in [0.05, 0.1) is 23.3 Å². The number of nitrogens with zero attached hydrogens (tertiary/aromatic N) is 2. The van der Waals surface area contributed by atoms with Gasteiger partial charge in [-0.05, 0) is 74.8 Å². The van der Waals surface area contributed by atoms with E-state index in [4.69, 9.17) is 4.74 Å². The van der Waals surface area contributed by atoms with Crippen LogP contribution in [0.5, 0.6) is 0 Å². The minimum absolute atomic E-state index is 0.0475. The molecule has 5 nitrogen and oxygen atoms in total. The summed E-state index contributed by atoms with van der Waals surface area (Å²) in [7, 11) is 0. The van der Waals surface area contributed by atoms with Crippen LogP contribution in [0.25, 0.3) is 0 Å². The first-order chi connectivity index (χ1) is 20.3.